The molecule has 0 aliphatic carbocycles. The van der Waals surface area contributed by atoms with Crippen LogP contribution in [0.1, 0.15) is 28.3 Å². The molecule has 0 radical (unpaired) electrons. The molecule has 4 rings (SSSR count). The van der Waals surface area contributed by atoms with Crippen LogP contribution in [0.25, 0.3) is 16.9 Å². The first-order valence-electron chi connectivity index (χ1n) is 7.72. The molecule has 1 aliphatic rings. The maximum Gasteiger partial charge on any atom is 0.275 e. The number of aromatic nitrogens is 6. The first-order valence-corrected chi connectivity index (χ1v) is 7.72. The van der Waals surface area contributed by atoms with Crippen LogP contribution in [0, 0.1) is 6.92 Å². The minimum atomic E-state index is -0.0472. The predicted octanol–water partition coefficient (Wildman–Crippen LogP) is 0.839. The lowest BCUT2D eigenvalue weighted by Crippen LogP contribution is -2.26. The highest BCUT2D eigenvalue weighted by molar-refractivity contribution is 5.96. The van der Waals surface area contributed by atoms with E-state index in [0.29, 0.717) is 42.7 Å². The van der Waals surface area contributed by atoms with E-state index in [1.165, 1.54) is 0 Å². The van der Waals surface area contributed by atoms with Crippen LogP contribution in [0.2, 0.25) is 0 Å². The van der Waals surface area contributed by atoms with Gasteiger partial charge in [0.1, 0.15) is 5.82 Å². The lowest BCUT2D eigenvalue weighted by Gasteiger charge is -2.15. The molecular formula is C15H17N7O2. The van der Waals surface area contributed by atoms with E-state index in [-0.39, 0.29) is 5.91 Å². The van der Waals surface area contributed by atoms with Crippen LogP contribution in [-0.2, 0) is 11.3 Å². The second kappa shape index (κ2) is 5.68. The Labute approximate surface area is 137 Å². The fraction of sp³-hybridized carbons (Fsp3) is 0.400. The zero-order chi connectivity index (χ0) is 16.7. The number of amides is 1. The number of fused-ring (bicyclic) bond motifs is 2. The van der Waals surface area contributed by atoms with Gasteiger partial charge in [0, 0.05) is 38.6 Å². The van der Waals surface area contributed by atoms with Crippen molar-refractivity contribution in [2.75, 3.05) is 20.3 Å². The van der Waals surface area contributed by atoms with Gasteiger partial charge in [-0.2, -0.15) is 10.2 Å². The number of aromatic amines is 1. The number of hydrogen-bond donors (Lipinski definition) is 1. The summed E-state index contributed by atoms with van der Waals surface area (Å²) in [5, 5.41) is 12.1. The van der Waals surface area contributed by atoms with Crippen LogP contribution in [0.5, 0.6) is 0 Å². The SMILES string of the molecule is COCCCN1Cc2cn(-c3nc(C)nc4[nH]ncc34)nc2C1=O. The first-order chi connectivity index (χ1) is 11.7. The summed E-state index contributed by atoms with van der Waals surface area (Å²) in [7, 11) is 1.66. The molecular weight excluding hydrogens is 310 g/mol. The minimum Gasteiger partial charge on any atom is -0.385 e. The van der Waals surface area contributed by atoms with Gasteiger partial charge >= 0.3 is 0 Å². The molecule has 9 nitrogen and oxygen atoms in total. The molecule has 9 heteroatoms. The molecule has 0 fully saturated rings. The van der Waals surface area contributed by atoms with Crippen molar-refractivity contribution < 1.29 is 9.53 Å². The van der Waals surface area contributed by atoms with E-state index in [9.17, 15) is 4.79 Å². The third-order valence-corrected chi connectivity index (χ3v) is 4.04. The van der Waals surface area contributed by atoms with Crippen LogP contribution < -0.4 is 0 Å². The van der Waals surface area contributed by atoms with Crippen molar-refractivity contribution in [2.45, 2.75) is 19.9 Å². The minimum absolute atomic E-state index is 0.0472. The lowest BCUT2D eigenvalue weighted by atomic mass is 10.3. The number of carbonyl (C=O) groups is 1. The number of methoxy groups -OCH3 is 1. The third kappa shape index (κ3) is 2.33. The molecule has 0 atom stereocenters. The summed E-state index contributed by atoms with van der Waals surface area (Å²) in [6.45, 7) is 3.68. The van der Waals surface area contributed by atoms with Gasteiger partial charge in [0.05, 0.1) is 11.6 Å². The van der Waals surface area contributed by atoms with Gasteiger partial charge in [-0.15, -0.1) is 0 Å². The molecule has 124 valence electrons. The second-order valence-corrected chi connectivity index (χ2v) is 5.75. The summed E-state index contributed by atoms with van der Waals surface area (Å²) in [4.78, 5) is 23.0. The predicted molar refractivity (Wildman–Crippen MR) is 84.8 cm³/mol. The highest BCUT2D eigenvalue weighted by Crippen LogP contribution is 2.24. The summed E-state index contributed by atoms with van der Waals surface area (Å²) < 4.78 is 6.68. The number of hydrogen-bond acceptors (Lipinski definition) is 6. The van der Waals surface area contributed by atoms with E-state index >= 15 is 0 Å². The van der Waals surface area contributed by atoms with Crippen molar-refractivity contribution in [1.29, 1.82) is 0 Å². The number of nitrogens with one attached hydrogen (secondary N) is 1. The van der Waals surface area contributed by atoms with Crippen molar-refractivity contribution in [3.05, 3.63) is 29.5 Å². The van der Waals surface area contributed by atoms with Crippen LogP contribution >= 0.6 is 0 Å². The summed E-state index contributed by atoms with van der Waals surface area (Å²) in [5.74, 6) is 1.19. The zero-order valence-electron chi connectivity index (χ0n) is 13.5. The fourth-order valence-electron chi connectivity index (χ4n) is 2.92. The van der Waals surface area contributed by atoms with Gasteiger partial charge in [0.25, 0.3) is 5.91 Å². The van der Waals surface area contributed by atoms with Crippen LogP contribution in [0.15, 0.2) is 12.4 Å². The number of ether oxygens (including phenoxy) is 1. The van der Waals surface area contributed by atoms with Crippen LogP contribution in [-0.4, -0.2) is 61.0 Å². The third-order valence-electron chi connectivity index (χ3n) is 4.04. The molecule has 1 amide bonds. The monoisotopic (exact) mass is 327 g/mol. The Bertz CT molecular complexity index is 914. The highest BCUT2D eigenvalue weighted by atomic mass is 16.5. The Morgan fingerprint density at radius 2 is 2.25 bits per heavy atom. The van der Waals surface area contributed by atoms with Gasteiger partial charge < -0.3 is 9.64 Å². The van der Waals surface area contributed by atoms with E-state index in [4.69, 9.17) is 4.74 Å². The van der Waals surface area contributed by atoms with Crippen molar-refractivity contribution in [1.82, 2.24) is 34.8 Å². The Morgan fingerprint density at radius 3 is 3.04 bits per heavy atom. The van der Waals surface area contributed by atoms with Crippen LogP contribution in [0.4, 0.5) is 0 Å². The number of H-pyrrole nitrogens is 1. The Kier molecular flexibility index (Phi) is 3.49. The van der Waals surface area contributed by atoms with Crippen molar-refractivity contribution in [3.8, 4) is 5.82 Å². The molecule has 3 aromatic heterocycles. The molecule has 3 aromatic rings. The molecule has 0 saturated heterocycles. The number of nitrogens with zero attached hydrogens (tertiary/aromatic N) is 6. The summed E-state index contributed by atoms with van der Waals surface area (Å²) in [6, 6.07) is 0. The topological polar surface area (TPSA) is 102 Å². The van der Waals surface area contributed by atoms with E-state index in [2.05, 4.69) is 25.3 Å². The summed E-state index contributed by atoms with van der Waals surface area (Å²) in [5.41, 5.74) is 2.05. The second-order valence-electron chi connectivity index (χ2n) is 5.75. The van der Waals surface area contributed by atoms with Gasteiger partial charge in [-0.25, -0.2) is 14.6 Å². The van der Waals surface area contributed by atoms with Gasteiger partial charge in [0.2, 0.25) is 0 Å². The van der Waals surface area contributed by atoms with Gasteiger partial charge in [-0.05, 0) is 13.3 Å². The van der Waals surface area contributed by atoms with Crippen molar-refractivity contribution in [2.24, 2.45) is 0 Å². The first kappa shape index (κ1) is 14.8. The quantitative estimate of drug-likeness (QED) is 0.697. The average Bonchev–Trinajstić information content (AvgIpc) is 3.24. The van der Waals surface area contributed by atoms with Crippen LogP contribution in [0.3, 0.4) is 0 Å². The lowest BCUT2D eigenvalue weighted by molar-refractivity contribution is 0.0753. The number of carbonyl (C=O) groups excluding carboxylic acids is 1. The summed E-state index contributed by atoms with van der Waals surface area (Å²) in [6.07, 6.45) is 4.33. The zero-order valence-corrected chi connectivity index (χ0v) is 13.5. The van der Waals surface area contributed by atoms with E-state index < -0.39 is 0 Å². The van der Waals surface area contributed by atoms with E-state index in [1.54, 1.807) is 22.9 Å². The molecule has 0 bridgehead atoms. The number of rotatable bonds is 5. The number of aryl methyl sites for hydroxylation is 1. The largest absolute Gasteiger partial charge is 0.385 e. The van der Waals surface area contributed by atoms with E-state index in [0.717, 1.165) is 17.4 Å². The Morgan fingerprint density at radius 1 is 1.38 bits per heavy atom. The molecule has 0 unspecified atom stereocenters. The maximum atomic E-state index is 12.5. The molecule has 4 heterocycles. The fourth-order valence-corrected chi connectivity index (χ4v) is 2.92. The molecule has 0 aromatic carbocycles. The van der Waals surface area contributed by atoms with E-state index in [1.807, 2.05) is 13.1 Å². The average molecular weight is 327 g/mol. The summed E-state index contributed by atoms with van der Waals surface area (Å²) >= 11 is 0. The van der Waals surface area contributed by atoms with Gasteiger partial charge in [-0.1, -0.05) is 0 Å². The molecule has 0 saturated carbocycles. The van der Waals surface area contributed by atoms with Gasteiger partial charge in [-0.3, -0.25) is 9.89 Å². The Balaban J connectivity index is 1.65. The Hall–Kier alpha value is -2.81. The van der Waals surface area contributed by atoms with Crippen molar-refractivity contribution in [3.63, 3.8) is 0 Å². The maximum absolute atomic E-state index is 12.5. The van der Waals surface area contributed by atoms with Gasteiger partial charge in [0.15, 0.2) is 17.2 Å². The molecule has 24 heavy (non-hydrogen) atoms. The molecule has 1 N–H and O–H groups in total. The normalized spacial score (nSPS) is 13.9. The molecule has 1 aliphatic heterocycles. The highest BCUT2D eigenvalue weighted by Gasteiger charge is 2.31. The smallest absolute Gasteiger partial charge is 0.275 e. The van der Waals surface area contributed by atoms with Crippen molar-refractivity contribution >= 4 is 16.9 Å². The standard InChI is InChI=1S/C15H17N7O2/c1-9-17-13-11(6-16-19-13)14(18-9)22-8-10-7-21(4-3-5-24-2)15(23)12(10)20-22/h6,8H,3-5,7H2,1-2H3,(H,16,17,18,19). The molecule has 0 spiro atoms.